The second-order valence-electron chi connectivity index (χ2n) is 4.57. The Hall–Kier alpha value is -2.66. The predicted molar refractivity (Wildman–Crippen MR) is 82.4 cm³/mol. The van der Waals surface area contributed by atoms with Gasteiger partial charge in [0, 0.05) is 16.1 Å². The third kappa shape index (κ3) is 3.32. The number of hydrogen-bond acceptors (Lipinski definition) is 4. The summed E-state index contributed by atoms with van der Waals surface area (Å²) in [5, 5.41) is 7.18. The Labute approximate surface area is 131 Å². The second-order valence-corrected chi connectivity index (χ2v) is 5.01. The second kappa shape index (κ2) is 6.41. The van der Waals surface area contributed by atoms with Gasteiger partial charge < -0.3 is 9.84 Å². The summed E-state index contributed by atoms with van der Waals surface area (Å²) in [6, 6.07) is 16.1. The first kappa shape index (κ1) is 14.3. The van der Waals surface area contributed by atoms with Crippen molar-refractivity contribution in [3.8, 4) is 11.5 Å². The van der Waals surface area contributed by atoms with Gasteiger partial charge in [-0.3, -0.25) is 4.79 Å². The third-order valence-corrected chi connectivity index (χ3v) is 3.22. The Morgan fingerprint density at radius 2 is 1.95 bits per heavy atom. The fourth-order valence-electron chi connectivity index (χ4n) is 1.92. The molecule has 0 fully saturated rings. The first-order valence-electron chi connectivity index (χ1n) is 6.64. The lowest BCUT2D eigenvalue weighted by atomic mass is 10.2. The van der Waals surface area contributed by atoms with E-state index in [0.29, 0.717) is 22.3 Å². The van der Waals surface area contributed by atoms with Crippen molar-refractivity contribution in [2.24, 2.45) is 0 Å². The molecule has 1 aromatic heterocycles. The number of halogens is 1. The zero-order valence-corrected chi connectivity index (χ0v) is 12.2. The highest BCUT2D eigenvalue weighted by molar-refractivity contribution is 6.30. The number of benzene rings is 2. The van der Waals surface area contributed by atoms with E-state index in [1.807, 2.05) is 12.1 Å². The highest BCUT2D eigenvalue weighted by Crippen LogP contribution is 2.20. The summed E-state index contributed by atoms with van der Waals surface area (Å²) < 4.78 is 5.17. The molecule has 6 heteroatoms. The van der Waals surface area contributed by atoms with Gasteiger partial charge >= 0.3 is 0 Å². The van der Waals surface area contributed by atoms with Gasteiger partial charge in [-0.05, 0) is 30.3 Å². The maximum Gasteiger partial charge on any atom is 0.258 e. The van der Waals surface area contributed by atoms with Gasteiger partial charge in [0.15, 0.2) is 5.82 Å². The maximum atomic E-state index is 11.9. The molecule has 0 saturated heterocycles. The fourth-order valence-corrected chi connectivity index (χ4v) is 2.11. The molecule has 1 heterocycles. The minimum absolute atomic E-state index is 0.185. The van der Waals surface area contributed by atoms with Crippen LogP contribution in [0.2, 0.25) is 5.02 Å². The molecule has 5 nitrogen and oxygen atoms in total. The number of amides is 1. The van der Waals surface area contributed by atoms with Crippen molar-refractivity contribution < 1.29 is 9.32 Å². The van der Waals surface area contributed by atoms with E-state index in [2.05, 4.69) is 15.5 Å². The molecule has 110 valence electrons. The van der Waals surface area contributed by atoms with E-state index in [9.17, 15) is 4.79 Å². The third-order valence-electron chi connectivity index (χ3n) is 2.98. The van der Waals surface area contributed by atoms with Crippen LogP contribution in [0.5, 0.6) is 0 Å². The lowest BCUT2D eigenvalue weighted by molar-refractivity contribution is 0.0949. The lowest BCUT2D eigenvalue weighted by Crippen LogP contribution is -2.23. The van der Waals surface area contributed by atoms with Gasteiger partial charge in [0.05, 0.1) is 6.54 Å². The molecule has 1 amide bonds. The van der Waals surface area contributed by atoms with Crippen molar-refractivity contribution >= 4 is 17.5 Å². The highest BCUT2D eigenvalue weighted by atomic mass is 35.5. The topological polar surface area (TPSA) is 68.0 Å². The van der Waals surface area contributed by atoms with E-state index in [0.717, 1.165) is 5.56 Å². The van der Waals surface area contributed by atoms with Crippen molar-refractivity contribution in [2.45, 2.75) is 6.54 Å². The molecule has 3 rings (SSSR count). The quantitative estimate of drug-likeness (QED) is 0.802. The van der Waals surface area contributed by atoms with E-state index in [-0.39, 0.29) is 12.5 Å². The van der Waals surface area contributed by atoms with Gasteiger partial charge in [-0.15, -0.1) is 0 Å². The van der Waals surface area contributed by atoms with Crippen molar-refractivity contribution in [1.82, 2.24) is 15.5 Å². The van der Waals surface area contributed by atoms with Crippen LogP contribution in [-0.2, 0) is 6.54 Å². The monoisotopic (exact) mass is 313 g/mol. The van der Waals surface area contributed by atoms with Gasteiger partial charge in [0.25, 0.3) is 11.8 Å². The number of nitrogens with one attached hydrogen (secondary N) is 1. The maximum absolute atomic E-state index is 11.9. The van der Waals surface area contributed by atoms with Crippen molar-refractivity contribution in [1.29, 1.82) is 0 Å². The summed E-state index contributed by atoms with van der Waals surface area (Å²) in [5.74, 6) is 0.584. The lowest BCUT2D eigenvalue weighted by Gasteiger charge is -2.01. The largest absolute Gasteiger partial charge is 0.345 e. The van der Waals surface area contributed by atoms with E-state index in [1.165, 1.54) is 0 Å². The smallest absolute Gasteiger partial charge is 0.258 e. The zero-order valence-electron chi connectivity index (χ0n) is 11.5. The van der Waals surface area contributed by atoms with Gasteiger partial charge in [0.1, 0.15) is 0 Å². The van der Waals surface area contributed by atoms with Crippen LogP contribution in [0.3, 0.4) is 0 Å². The van der Waals surface area contributed by atoms with E-state index in [1.54, 1.807) is 42.5 Å². The summed E-state index contributed by atoms with van der Waals surface area (Å²) >= 11 is 5.93. The minimum atomic E-state index is -0.185. The summed E-state index contributed by atoms with van der Waals surface area (Å²) in [4.78, 5) is 16.2. The van der Waals surface area contributed by atoms with Crippen LogP contribution in [0.1, 0.15) is 16.2 Å². The van der Waals surface area contributed by atoms with Crippen LogP contribution in [0.25, 0.3) is 11.5 Å². The number of rotatable bonds is 4. The van der Waals surface area contributed by atoms with E-state index >= 15 is 0 Å². The molecule has 2 aromatic carbocycles. The molecular formula is C16H12ClN3O2. The van der Waals surface area contributed by atoms with Crippen LogP contribution < -0.4 is 5.32 Å². The molecule has 1 N–H and O–H groups in total. The fraction of sp³-hybridized carbons (Fsp3) is 0.0625. The minimum Gasteiger partial charge on any atom is -0.345 e. The molecule has 0 aliphatic heterocycles. The Balaban J connectivity index is 1.66. The van der Waals surface area contributed by atoms with Crippen molar-refractivity contribution in [3.63, 3.8) is 0 Å². The first-order chi connectivity index (χ1) is 10.7. The molecular weight excluding hydrogens is 302 g/mol. The van der Waals surface area contributed by atoms with Crippen LogP contribution in [0, 0.1) is 0 Å². The van der Waals surface area contributed by atoms with Gasteiger partial charge in [-0.2, -0.15) is 4.98 Å². The highest BCUT2D eigenvalue weighted by Gasteiger charge is 2.11. The molecule has 0 unspecified atom stereocenters. The predicted octanol–water partition coefficient (Wildman–Crippen LogP) is 3.32. The summed E-state index contributed by atoms with van der Waals surface area (Å²) in [7, 11) is 0. The molecule has 0 saturated carbocycles. The van der Waals surface area contributed by atoms with Gasteiger partial charge in [-0.25, -0.2) is 0 Å². The summed E-state index contributed by atoms with van der Waals surface area (Å²) in [6.45, 7) is 0.192. The van der Waals surface area contributed by atoms with Crippen LogP contribution >= 0.6 is 11.6 Å². The van der Waals surface area contributed by atoms with Crippen molar-refractivity contribution in [3.05, 3.63) is 71.0 Å². The Kier molecular flexibility index (Phi) is 4.16. The molecule has 0 radical (unpaired) electrons. The van der Waals surface area contributed by atoms with Crippen LogP contribution in [-0.4, -0.2) is 16.0 Å². The molecule has 3 aromatic rings. The molecule has 0 aliphatic carbocycles. The standard InChI is InChI=1S/C16H12ClN3O2/c17-13-8-4-7-12(9-13)16-19-14(20-22-16)10-18-15(21)11-5-2-1-3-6-11/h1-9H,10H2,(H,18,21). The Morgan fingerprint density at radius 1 is 1.14 bits per heavy atom. The van der Waals surface area contributed by atoms with Gasteiger partial charge in [-0.1, -0.05) is 41.0 Å². The van der Waals surface area contributed by atoms with Crippen LogP contribution in [0.4, 0.5) is 0 Å². The average molecular weight is 314 g/mol. The summed E-state index contributed by atoms with van der Waals surface area (Å²) in [6.07, 6.45) is 0. The molecule has 0 aliphatic rings. The molecule has 0 spiro atoms. The zero-order chi connectivity index (χ0) is 15.4. The van der Waals surface area contributed by atoms with Gasteiger partial charge in [0.2, 0.25) is 0 Å². The average Bonchev–Trinajstić information content (AvgIpc) is 3.02. The molecule has 22 heavy (non-hydrogen) atoms. The number of aromatic nitrogens is 2. The van der Waals surface area contributed by atoms with E-state index in [4.69, 9.17) is 16.1 Å². The SMILES string of the molecule is O=C(NCc1noc(-c2cccc(Cl)c2)n1)c1ccccc1. The number of carbonyl (C=O) groups excluding carboxylic acids is 1. The summed E-state index contributed by atoms with van der Waals surface area (Å²) in [5.41, 5.74) is 1.32. The molecule has 0 atom stereocenters. The molecule has 0 bridgehead atoms. The normalized spacial score (nSPS) is 10.4. The van der Waals surface area contributed by atoms with Crippen molar-refractivity contribution in [2.75, 3.05) is 0 Å². The van der Waals surface area contributed by atoms with Crippen LogP contribution in [0.15, 0.2) is 59.1 Å². The number of carbonyl (C=O) groups is 1. The Morgan fingerprint density at radius 3 is 2.73 bits per heavy atom. The number of hydrogen-bond donors (Lipinski definition) is 1. The first-order valence-corrected chi connectivity index (χ1v) is 7.02. The number of nitrogens with zero attached hydrogens (tertiary/aromatic N) is 2. The Bertz CT molecular complexity index is 787. The van der Waals surface area contributed by atoms with E-state index < -0.39 is 0 Å².